The number of ether oxygens (including phenoxy) is 3. The van der Waals surface area contributed by atoms with Gasteiger partial charge in [-0.15, -0.1) is 0 Å². The molecule has 0 bridgehead atoms. The Bertz CT molecular complexity index is 786. The first kappa shape index (κ1) is 22.8. The lowest BCUT2D eigenvalue weighted by Crippen LogP contribution is -2.55. The van der Waals surface area contributed by atoms with Gasteiger partial charge in [0.2, 0.25) is 0 Å². The standard InChI is InChI=1S/C29H46O4/c1-17-8-13-29(31-16-17)18(2)26-25(33-29)15-24-22-7-6-20-14-21(32-19(3)30)9-11-27(20,4)23(22)10-12-28(24,26)5/h17-18,20-26H,6-16H2,1-5H3/t17-,18-,20-,21-,22-,23+,24+,25+,26+,27-,28-,29+/m0/s1. The molecule has 0 aromatic heterocycles. The first-order chi connectivity index (χ1) is 15.7. The smallest absolute Gasteiger partial charge is 0.302 e. The molecule has 6 fully saturated rings. The lowest BCUT2D eigenvalue weighted by molar-refractivity contribution is -0.273. The van der Waals surface area contributed by atoms with Crippen LogP contribution in [0, 0.1) is 52.3 Å². The van der Waals surface area contributed by atoms with Crippen LogP contribution in [0.25, 0.3) is 0 Å². The van der Waals surface area contributed by atoms with Crippen LogP contribution in [0.4, 0.5) is 0 Å². The van der Waals surface area contributed by atoms with Crippen molar-refractivity contribution in [1.82, 2.24) is 0 Å². The van der Waals surface area contributed by atoms with Crippen LogP contribution in [0.2, 0.25) is 0 Å². The van der Waals surface area contributed by atoms with E-state index in [1.807, 2.05) is 0 Å². The zero-order valence-electron chi connectivity index (χ0n) is 21.6. The Morgan fingerprint density at radius 2 is 1.70 bits per heavy atom. The number of carbonyl (C=O) groups excluding carboxylic acids is 1. The van der Waals surface area contributed by atoms with E-state index >= 15 is 0 Å². The third kappa shape index (κ3) is 3.25. The Kier molecular flexibility index (Phi) is 5.32. The maximum absolute atomic E-state index is 11.5. The lowest BCUT2D eigenvalue weighted by atomic mass is 9.44. The normalized spacial score (nSPS) is 57.7. The van der Waals surface area contributed by atoms with Crippen molar-refractivity contribution in [2.75, 3.05) is 6.61 Å². The van der Waals surface area contributed by atoms with Gasteiger partial charge in [-0.25, -0.2) is 0 Å². The molecule has 2 saturated heterocycles. The minimum atomic E-state index is -0.300. The third-order valence-corrected chi connectivity index (χ3v) is 12.2. The van der Waals surface area contributed by atoms with E-state index in [-0.39, 0.29) is 17.9 Å². The second kappa shape index (κ2) is 7.69. The number of hydrogen-bond donors (Lipinski definition) is 0. The molecule has 0 aromatic rings. The van der Waals surface area contributed by atoms with Crippen LogP contribution in [0.5, 0.6) is 0 Å². The van der Waals surface area contributed by atoms with Crippen LogP contribution >= 0.6 is 0 Å². The minimum Gasteiger partial charge on any atom is -0.463 e. The molecular weight excluding hydrogens is 412 g/mol. The van der Waals surface area contributed by atoms with Gasteiger partial charge in [0.05, 0.1) is 12.7 Å². The van der Waals surface area contributed by atoms with Gasteiger partial charge in [-0.2, -0.15) is 0 Å². The summed E-state index contributed by atoms with van der Waals surface area (Å²) in [7, 11) is 0. The van der Waals surface area contributed by atoms with E-state index in [0.29, 0.717) is 34.7 Å². The number of carbonyl (C=O) groups is 1. The molecule has 1 spiro atoms. The predicted molar refractivity (Wildman–Crippen MR) is 127 cm³/mol. The van der Waals surface area contributed by atoms with E-state index in [1.165, 1.54) is 44.9 Å². The van der Waals surface area contributed by atoms with E-state index in [4.69, 9.17) is 14.2 Å². The van der Waals surface area contributed by atoms with Gasteiger partial charge in [0.1, 0.15) is 6.10 Å². The van der Waals surface area contributed by atoms with Gasteiger partial charge in [0, 0.05) is 19.3 Å². The second-order valence-corrected chi connectivity index (χ2v) is 13.7. The highest BCUT2D eigenvalue weighted by Crippen LogP contribution is 2.71. The average molecular weight is 459 g/mol. The molecule has 4 nitrogen and oxygen atoms in total. The molecule has 4 aliphatic carbocycles. The molecule has 0 N–H and O–H groups in total. The van der Waals surface area contributed by atoms with Crippen molar-refractivity contribution in [3.05, 3.63) is 0 Å². The highest BCUT2D eigenvalue weighted by molar-refractivity contribution is 5.66. The Balaban J connectivity index is 1.21. The quantitative estimate of drug-likeness (QED) is 0.429. The third-order valence-electron chi connectivity index (χ3n) is 12.2. The number of hydrogen-bond acceptors (Lipinski definition) is 4. The van der Waals surface area contributed by atoms with Crippen LogP contribution < -0.4 is 0 Å². The van der Waals surface area contributed by atoms with Crippen molar-refractivity contribution in [3.63, 3.8) is 0 Å². The molecule has 4 heteroatoms. The molecule has 33 heavy (non-hydrogen) atoms. The summed E-state index contributed by atoms with van der Waals surface area (Å²) in [5, 5.41) is 0. The molecule has 0 aromatic carbocycles. The summed E-state index contributed by atoms with van der Waals surface area (Å²) < 4.78 is 19.1. The summed E-state index contributed by atoms with van der Waals surface area (Å²) in [4.78, 5) is 11.5. The minimum absolute atomic E-state index is 0.105. The van der Waals surface area contributed by atoms with Crippen molar-refractivity contribution in [1.29, 1.82) is 0 Å². The monoisotopic (exact) mass is 458 g/mol. The van der Waals surface area contributed by atoms with E-state index in [1.54, 1.807) is 6.92 Å². The molecule has 2 heterocycles. The molecule has 0 unspecified atom stereocenters. The fourth-order valence-electron chi connectivity index (χ4n) is 10.6. The lowest BCUT2D eigenvalue weighted by Gasteiger charge is -2.61. The fraction of sp³-hybridized carbons (Fsp3) is 0.966. The van der Waals surface area contributed by atoms with Gasteiger partial charge in [-0.3, -0.25) is 4.79 Å². The summed E-state index contributed by atoms with van der Waals surface area (Å²) in [5.41, 5.74) is 0.828. The van der Waals surface area contributed by atoms with Crippen LogP contribution in [-0.2, 0) is 19.0 Å². The summed E-state index contributed by atoms with van der Waals surface area (Å²) >= 11 is 0. The summed E-state index contributed by atoms with van der Waals surface area (Å²) in [6, 6.07) is 0. The van der Waals surface area contributed by atoms with Crippen LogP contribution in [-0.4, -0.2) is 30.6 Å². The van der Waals surface area contributed by atoms with Gasteiger partial charge in [0.25, 0.3) is 0 Å². The van der Waals surface area contributed by atoms with Gasteiger partial charge in [-0.1, -0.05) is 27.7 Å². The molecule has 0 radical (unpaired) electrons. The van der Waals surface area contributed by atoms with E-state index in [2.05, 4.69) is 27.7 Å². The maximum atomic E-state index is 11.5. The van der Waals surface area contributed by atoms with Crippen LogP contribution in [0.1, 0.15) is 98.8 Å². The highest BCUT2D eigenvalue weighted by atomic mass is 16.7. The van der Waals surface area contributed by atoms with Crippen molar-refractivity contribution < 1.29 is 19.0 Å². The van der Waals surface area contributed by atoms with E-state index in [0.717, 1.165) is 49.5 Å². The van der Waals surface area contributed by atoms with Gasteiger partial charge in [0.15, 0.2) is 5.79 Å². The molecule has 2 aliphatic heterocycles. The molecule has 6 rings (SSSR count). The zero-order valence-corrected chi connectivity index (χ0v) is 21.6. The van der Waals surface area contributed by atoms with Crippen molar-refractivity contribution >= 4 is 5.97 Å². The van der Waals surface area contributed by atoms with Crippen LogP contribution in [0.3, 0.4) is 0 Å². The topological polar surface area (TPSA) is 44.8 Å². The number of fused-ring (bicyclic) bond motifs is 7. The Morgan fingerprint density at radius 1 is 0.909 bits per heavy atom. The summed E-state index contributed by atoms with van der Waals surface area (Å²) in [5.74, 6) is 4.63. The fourth-order valence-corrected chi connectivity index (χ4v) is 10.6. The molecule has 4 saturated carbocycles. The van der Waals surface area contributed by atoms with Crippen molar-refractivity contribution in [2.24, 2.45) is 52.3 Å². The molecule has 0 amide bonds. The number of esters is 1. The average Bonchev–Trinajstić information content (AvgIpc) is 3.21. The first-order valence-corrected chi connectivity index (χ1v) is 14.2. The van der Waals surface area contributed by atoms with E-state index in [9.17, 15) is 4.79 Å². The largest absolute Gasteiger partial charge is 0.463 e. The Hall–Kier alpha value is -0.610. The van der Waals surface area contributed by atoms with Crippen molar-refractivity contribution in [2.45, 2.75) is 117 Å². The van der Waals surface area contributed by atoms with Crippen LogP contribution in [0.15, 0.2) is 0 Å². The Morgan fingerprint density at radius 3 is 2.42 bits per heavy atom. The van der Waals surface area contributed by atoms with Gasteiger partial charge in [-0.05, 0) is 104 Å². The highest BCUT2D eigenvalue weighted by Gasteiger charge is 2.69. The zero-order chi connectivity index (χ0) is 23.2. The first-order valence-electron chi connectivity index (χ1n) is 14.2. The summed E-state index contributed by atoms with van der Waals surface area (Å²) in [6.45, 7) is 12.4. The molecule has 186 valence electrons. The molecule has 6 aliphatic rings. The van der Waals surface area contributed by atoms with E-state index < -0.39 is 0 Å². The second-order valence-electron chi connectivity index (χ2n) is 13.7. The van der Waals surface area contributed by atoms with Gasteiger partial charge < -0.3 is 14.2 Å². The maximum Gasteiger partial charge on any atom is 0.302 e. The summed E-state index contributed by atoms with van der Waals surface area (Å²) in [6.07, 6.45) is 12.9. The van der Waals surface area contributed by atoms with Gasteiger partial charge >= 0.3 is 5.97 Å². The number of rotatable bonds is 1. The molecule has 12 atom stereocenters. The Labute approximate surface area is 200 Å². The molecular formula is C29H46O4. The van der Waals surface area contributed by atoms with Crippen molar-refractivity contribution in [3.8, 4) is 0 Å². The SMILES string of the molecule is CC(=O)O[C@H]1CC[C@@]2(C)[C@@H](CC[C@H]3[C@H]2CC[C@]2(C)[C@H]4[C@@H](C[C@H]32)O[C@]2(CC[C@H](C)CO2)[C@H]4C)C1. The predicted octanol–water partition coefficient (Wildman–Crippen LogP) is 6.36.